The Kier molecular flexibility index (Phi) is 3.51. The van der Waals surface area contributed by atoms with Crippen molar-refractivity contribution in [2.24, 2.45) is 0 Å². The van der Waals surface area contributed by atoms with Crippen LogP contribution in [0.2, 0.25) is 0 Å². The molecule has 0 N–H and O–H groups in total. The molecule has 2 aliphatic heterocycles. The summed E-state index contributed by atoms with van der Waals surface area (Å²) in [6.45, 7) is 3.98. The standard InChI is InChI=1S/C15H19FN2O/c16-14-5-3-6-15(13(14)11-19)18-9-8-17-7-2-1-4-12(17)10-18/h3,5-6,11-12H,1-2,4,7-10H2. The van der Waals surface area contributed by atoms with Gasteiger partial charge in [0.25, 0.3) is 0 Å². The molecule has 3 rings (SSSR count). The Balaban J connectivity index is 1.83. The topological polar surface area (TPSA) is 23.6 Å². The van der Waals surface area contributed by atoms with Crippen molar-refractivity contribution in [1.82, 2.24) is 4.90 Å². The minimum Gasteiger partial charge on any atom is -0.368 e. The molecule has 0 spiro atoms. The van der Waals surface area contributed by atoms with E-state index >= 15 is 0 Å². The number of carbonyl (C=O) groups is 1. The number of piperidine rings is 1. The second-order valence-corrected chi connectivity index (χ2v) is 5.42. The molecule has 19 heavy (non-hydrogen) atoms. The number of carbonyl (C=O) groups excluding carboxylic acids is 1. The van der Waals surface area contributed by atoms with Crippen LogP contribution in [0.4, 0.5) is 10.1 Å². The lowest BCUT2D eigenvalue weighted by Crippen LogP contribution is -2.55. The van der Waals surface area contributed by atoms with Gasteiger partial charge in [-0.1, -0.05) is 12.5 Å². The van der Waals surface area contributed by atoms with Gasteiger partial charge in [-0.05, 0) is 31.5 Å². The summed E-state index contributed by atoms with van der Waals surface area (Å²) in [5, 5.41) is 0. The predicted molar refractivity (Wildman–Crippen MR) is 73.2 cm³/mol. The van der Waals surface area contributed by atoms with E-state index in [0.717, 1.165) is 25.3 Å². The quantitative estimate of drug-likeness (QED) is 0.764. The maximum Gasteiger partial charge on any atom is 0.155 e. The highest BCUT2D eigenvalue weighted by atomic mass is 19.1. The fourth-order valence-corrected chi connectivity index (χ4v) is 3.29. The van der Waals surface area contributed by atoms with Crippen LogP contribution < -0.4 is 4.90 Å². The molecule has 1 aromatic carbocycles. The zero-order chi connectivity index (χ0) is 13.2. The largest absolute Gasteiger partial charge is 0.368 e. The van der Waals surface area contributed by atoms with Crippen LogP contribution in [0.15, 0.2) is 18.2 Å². The first-order valence-electron chi connectivity index (χ1n) is 7.02. The van der Waals surface area contributed by atoms with E-state index in [1.807, 2.05) is 6.07 Å². The van der Waals surface area contributed by atoms with Crippen molar-refractivity contribution in [3.63, 3.8) is 0 Å². The summed E-state index contributed by atoms with van der Waals surface area (Å²) in [6.07, 6.45) is 4.41. The fourth-order valence-electron chi connectivity index (χ4n) is 3.29. The maximum absolute atomic E-state index is 13.7. The average Bonchev–Trinajstić information content (AvgIpc) is 2.46. The van der Waals surface area contributed by atoms with Gasteiger partial charge in [-0.2, -0.15) is 0 Å². The molecule has 0 aromatic heterocycles. The van der Waals surface area contributed by atoms with Crippen molar-refractivity contribution in [2.75, 3.05) is 31.1 Å². The van der Waals surface area contributed by atoms with Gasteiger partial charge >= 0.3 is 0 Å². The first-order valence-corrected chi connectivity index (χ1v) is 7.02. The van der Waals surface area contributed by atoms with Crippen LogP contribution in [0, 0.1) is 5.82 Å². The Morgan fingerprint density at radius 2 is 2.11 bits per heavy atom. The number of hydrogen-bond donors (Lipinski definition) is 0. The summed E-state index contributed by atoms with van der Waals surface area (Å²) in [4.78, 5) is 15.8. The fraction of sp³-hybridized carbons (Fsp3) is 0.533. The lowest BCUT2D eigenvalue weighted by molar-refractivity contribution is 0.111. The molecule has 2 aliphatic rings. The molecule has 3 nitrogen and oxygen atoms in total. The summed E-state index contributed by atoms with van der Waals surface area (Å²) < 4.78 is 13.7. The van der Waals surface area contributed by atoms with Crippen LogP contribution in [-0.2, 0) is 0 Å². The Morgan fingerprint density at radius 1 is 1.21 bits per heavy atom. The van der Waals surface area contributed by atoms with E-state index in [2.05, 4.69) is 9.80 Å². The summed E-state index contributed by atoms with van der Waals surface area (Å²) in [5.74, 6) is -0.418. The van der Waals surface area contributed by atoms with Gasteiger partial charge in [-0.15, -0.1) is 0 Å². The number of halogens is 1. The molecule has 2 heterocycles. The van der Waals surface area contributed by atoms with Crippen LogP contribution >= 0.6 is 0 Å². The highest BCUT2D eigenvalue weighted by molar-refractivity contribution is 5.85. The van der Waals surface area contributed by atoms with Crippen LogP contribution in [0.1, 0.15) is 29.6 Å². The normalized spacial score (nSPS) is 24.1. The number of benzene rings is 1. The van der Waals surface area contributed by atoms with Gasteiger partial charge in [0.05, 0.1) is 11.3 Å². The van der Waals surface area contributed by atoms with Crippen molar-refractivity contribution in [2.45, 2.75) is 25.3 Å². The number of anilines is 1. The van der Waals surface area contributed by atoms with Gasteiger partial charge < -0.3 is 4.90 Å². The summed E-state index contributed by atoms with van der Waals surface area (Å²) >= 11 is 0. The third-order valence-corrected chi connectivity index (χ3v) is 4.33. The Bertz CT molecular complexity index is 477. The lowest BCUT2D eigenvalue weighted by Gasteiger charge is -2.45. The third kappa shape index (κ3) is 2.37. The van der Waals surface area contributed by atoms with E-state index in [-0.39, 0.29) is 5.56 Å². The van der Waals surface area contributed by atoms with Crippen LogP contribution in [0.3, 0.4) is 0 Å². The molecular formula is C15H19FN2O. The lowest BCUT2D eigenvalue weighted by atomic mass is 9.98. The maximum atomic E-state index is 13.7. The minimum absolute atomic E-state index is 0.201. The van der Waals surface area contributed by atoms with Gasteiger partial charge in [0.15, 0.2) is 6.29 Å². The SMILES string of the molecule is O=Cc1c(F)cccc1N1CCN2CCCCC2C1. The van der Waals surface area contributed by atoms with E-state index in [9.17, 15) is 9.18 Å². The summed E-state index contributed by atoms with van der Waals surface area (Å²) in [7, 11) is 0. The number of rotatable bonds is 2. The molecule has 1 aromatic rings. The molecule has 0 saturated carbocycles. The van der Waals surface area contributed by atoms with Crippen LogP contribution in [-0.4, -0.2) is 43.4 Å². The van der Waals surface area contributed by atoms with Gasteiger partial charge in [0.2, 0.25) is 0 Å². The molecule has 4 heteroatoms. The van der Waals surface area contributed by atoms with Gasteiger partial charge in [0.1, 0.15) is 5.82 Å². The first-order chi connectivity index (χ1) is 9.29. The molecule has 0 aliphatic carbocycles. The molecule has 0 bridgehead atoms. The highest BCUT2D eigenvalue weighted by Crippen LogP contribution is 2.27. The van der Waals surface area contributed by atoms with Gasteiger partial charge in [-0.3, -0.25) is 9.69 Å². The molecule has 0 radical (unpaired) electrons. The molecule has 102 valence electrons. The van der Waals surface area contributed by atoms with Crippen molar-refractivity contribution >= 4 is 12.0 Å². The smallest absolute Gasteiger partial charge is 0.155 e. The Morgan fingerprint density at radius 3 is 2.95 bits per heavy atom. The average molecular weight is 262 g/mol. The van der Waals surface area contributed by atoms with Gasteiger partial charge in [0, 0.05) is 25.7 Å². The van der Waals surface area contributed by atoms with E-state index in [4.69, 9.17) is 0 Å². The highest BCUT2D eigenvalue weighted by Gasteiger charge is 2.29. The van der Waals surface area contributed by atoms with Crippen LogP contribution in [0.5, 0.6) is 0 Å². The monoisotopic (exact) mass is 262 g/mol. The second-order valence-electron chi connectivity index (χ2n) is 5.42. The van der Waals surface area contributed by atoms with E-state index in [0.29, 0.717) is 12.3 Å². The van der Waals surface area contributed by atoms with E-state index in [1.54, 1.807) is 6.07 Å². The Labute approximate surface area is 113 Å². The van der Waals surface area contributed by atoms with Crippen molar-refractivity contribution in [1.29, 1.82) is 0 Å². The molecule has 1 atom stereocenters. The zero-order valence-corrected chi connectivity index (χ0v) is 11.0. The molecular weight excluding hydrogens is 243 g/mol. The van der Waals surface area contributed by atoms with E-state index < -0.39 is 5.82 Å². The molecule has 1 unspecified atom stereocenters. The molecule has 2 fully saturated rings. The van der Waals surface area contributed by atoms with Gasteiger partial charge in [-0.25, -0.2) is 4.39 Å². The summed E-state index contributed by atoms with van der Waals surface area (Å²) in [5.41, 5.74) is 0.951. The number of aldehydes is 1. The third-order valence-electron chi connectivity index (χ3n) is 4.33. The second kappa shape index (κ2) is 5.29. The Hall–Kier alpha value is -1.42. The molecule has 2 saturated heterocycles. The van der Waals surface area contributed by atoms with Crippen molar-refractivity contribution in [3.8, 4) is 0 Å². The first kappa shape index (κ1) is 12.6. The van der Waals surface area contributed by atoms with E-state index in [1.165, 1.54) is 31.9 Å². The van der Waals surface area contributed by atoms with Crippen LogP contribution in [0.25, 0.3) is 0 Å². The van der Waals surface area contributed by atoms with Crippen molar-refractivity contribution in [3.05, 3.63) is 29.6 Å². The number of fused-ring (bicyclic) bond motifs is 1. The number of hydrogen-bond acceptors (Lipinski definition) is 3. The number of nitrogens with zero attached hydrogens (tertiary/aromatic N) is 2. The predicted octanol–water partition coefficient (Wildman–Crippen LogP) is 2.31. The van der Waals surface area contributed by atoms with Crippen molar-refractivity contribution < 1.29 is 9.18 Å². The zero-order valence-electron chi connectivity index (χ0n) is 11.0. The molecule has 0 amide bonds. The summed E-state index contributed by atoms with van der Waals surface area (Å²) in [6, 6.07) is 5.45. The minimum atomic E-state index is -0.418. The number of piperazine rings is 1.